The highest BCUT2D eigenvalue weighted by Gasteiger charge is 2.47. The number of hydrogen-bond donors (Lipinski definition) is 1. The van der Waals surface area contributed by atoms with Crippen LogP contribution in [0.1, 0.15) is 18.4 Å². The molecule has 0 spiro atoms. The van der Waals surface area contributed by atoms with Crippen molar-refractivity contribution < 1.29 is 9.15 Å². The van der Waals surface area contributed by atoms with E-state index in [9.17, 15) is 0 Å². The standard InChI is InChI=1S/C15H18N2O2/c1-2-13-14(19-10-17-13)7-12(1)15(8-18-9-15)11-3-5-16-6-4-11/h1-2,7,10-11,16H,3-6,8-9H2. The lowest BCUT2D eigenvalue weighted by atomic mass is 9.65. The first kappa shape index (κ1) is 11.4. The zero-order valence-electron chi connectivity index (χ0n) is 10.9. The number of piperidine rings is 1. The van der Waals surface area contributed by atoms with E-state index in [1.54, 1.807) is 0 Å². The van der Waals surface area contributed by atoms with Crippen molar-refractivity contribution in [3.05, 3.63) is 30.2 Å². The molecular weight excluding hydrogens is 240 g/mol. The minimum Gasteiger partial charge on any atom is -0.443 e. The van der Waals surface area contributed by atoms with Crippen LogP contribution in [-0.2, 0) is 10.2 Å². The van der Waals surface area contributed by atoms with Crippen molar-refractivity contribution in [3.8, 4) is 0 Å². The summed E-state index contributed by atoms with van der Waals surface area (Å²) in [5, 5.41) is 3.44. The van der Waals surface area contributed by atoms with E-state index in [1.807, 2.05) is 0 Å². The third-order valence-corrected chi connectivity index (χ3v) is 4.75. The molecule has 0 amide bonds. The Morgan fingerprint density at radius 3 is 2.79 bits per heavy atom. The molecule has 0 unspecified atom stereocenters. The second-order valence-corrected chi connectivity index (χ2v) is 5.71. The van der Waals surface area contributed by atoms with Gasteiger partial charge in [-0.3, -0.25) is 0 Å². The largest absolute Gasteiger partial charge is 0.443 e. The van der Waals surface area contributed by atoms with Crippen molar-refractivity contribution in [1.29, 1.82) is 0 Å². The predicted molar refractivity (Wildman–Crippen MR) is 72.1 cm³/mol. The number of hydrogen-bond acceptors (Lipinski definition) is 4. The highest BCUT2D eigenvalue weighted by molar-refractivity contribution is 5.73. The van der Waals surface area contributed by atoms with Crippen LogP contribution in [0.5, 0.6) is 0 Å². The Balaban J connectivity index is 1.74. The Kier molecular flexibility index (Phi) is 2.60. The van der Waals surface area contributed by atoms with Crippen LogP contribution in [0, 0.1) is 5.92 Å². The minimum atomic E-state index is 0.198. The van der Waals surface area contributed by atoms with Gasteiger partial charge in [-0.05, 0) is 49.5 Å². The van der Waals surface area contributed by atoms with Crippen LogP contribution in [0.2, 0.25) is 0 Å². The fourth-order valence-electron chi connectivity index (χ4n) is 3.50. The van der Waals surface area contributed by atoms with Gasteiger partial charge in [0.15, 0.2) is 12.0 Å². The van der Waals surface area contributed by atoms with Crippen molar-refractivity contribution in [3.63, 3.8) is 0 Å². The second-order valence-electron chi connectivity index (χ2n) is 5.71. The fourth-order valence-corrected chi connectivity index (χ4v) is 3.50. The fraction of sp³-hybridized carbons (Fsp3) is 0.533. The number of nitrogens with zero attached hydrogens (tertiary/aromatic N) is 1. The van der Waals surface area contributed by atoms with Gasteiger partial charge < -0.3 is 14.5 Å². The normalized spacial score (nSPS) is 23.4. The van der Waals surface area contributed by atoms with Crippen molar-refractivity contribution in [2.24, 2.45) is 5.92 Å². The molecule has 0 radical (unpaired) electrons. The van der Waals surface area contributed by atoms with Gasteiger partial charge in [0.05, 0.1) is 13.2 Å². The molecule has 0 bridgehead atoms. The molecule has 100 valence electrons. The highest BCUT2D eigenvalue weighted by atomic mass is 16.5. The van der Waals surface area contributed by atoms with E-state index in [4.69, 9.17) is 9.15 Å². The summed E-state index contributed by atoms with van der Waals surface area (Å²) in [4.78, 5) is 4.19. The number of oxazole rings is 1. The lowest BCUT2D eigenvalue weighted by Crippen LogP contribution is -2.54. The van der Waals surface area contributed by atoms with E-state index < -0.39 is 0 Å². The van der Waals surface area contributed by atoms with Gasteiger partial charge in [0.2, 0.25) is 0 Å². The number of nitrogens with one attached hydrogen (secondary N) is 1. The molecule has 3 heterocycles. The summed E-state index contributed by atoms with van der Waals surface area (Å²) >= 11 is 0. The Bertz CT molecular complexity index is 583. The molecule has 2 saturated heterocycles. The van der Waals surface area contributed by atoms with Crippen LogP contribution >= 0.6 is 0 Å². The zero-order valence-corrected chi connectivity index (χ0v) is 10.9. The highest BCUT2D eigenvalue weighted by Crippen LogP contribution is 2.44. The lowest BCUT2D eigenvalue weighted by Gasteiger charge is -2.49. The average molecular weight is 258 g/mol. The number of ether oxygens (including phenoxy) is 1. The SMILES string of the molecule is c1nc2ccc(C3(C4CCNCC4)COC3)cc2o1. The average Bonchev–Trinajstić information content (AvgIpc) is 2.86. The van der Waals surface area contributed by atoms with E-state index in [0.717, 1.165) is 37.4 Å². The summed E-state index contributed by atoms with van der Waals surface area (Å²) in [6, 6.07) is 6.43. The van der Waals surface area contributed by atoms with Crippen LogP contribution in [0.3, 0.4) is 0 Å². The van der Waals surface area contributed by atoms with Crippen LogP contribution in [0.25, 0.3) is 11.1 Å². The molecule has 4 rings (SSSR count). The number of benzene rings is 1. The van der Waals surface area contributed by atoms with Crippen molar-refractivity contribution in [1.82, 2.24) is 10.3 Å². The van der Waals surface area contributed by atoms with Gasteiger partial charge in [-0.1, -0.05) is 6.07 Å². The molecule has 4 heteroatoms. The first-order valence-electron chi connectivity index (χ1n) is 7.01. The van der Waals surface area contributed by atoms with Crippen molar-refractivity contribution in [2.45, 2.75) is 18.3 Å². The molecule has 1 aromatic carbocycles. The van der Waals surface area contributed by atoms with Gasteiger partial charge in [-0.2, -0.15) is 0 Å². The molecule has 0 saturated carbocycles. The zero-order chi connectivity index (χ0) is 12.7. The third-order valence-electron chi connectivity index (χ3n) is 4.75. The van der Waals surface area contributed by atoms with E-state index in [-0.39, 0.29) is 5.41 Å². The maximum Gasteiger partial charge on any atom is 0.181 e. The minimum absolute atomic E-state index is 0.198. The summed E-state index contributed by atoms with van der Waals surface area (Å²) in [5.74, 6) is 0.711. The van der Waals surface area contributed by atoms with Gasteiger partial charge in [0.1, 0.15) is 5.52 Å². The molecule has 2 aliphatic rings. The quantitative estimate of drug-likeness (QED) is 0.896. The Morgan fingerprint density at radius 2 is 2.05 bits per heavy atom. The smallest absolute Gasteiger partial charge is 0.181 e. The Labute approximate surface area is 112 Å². The molecule has 1 aromatic heterocycles. The van der Waals surface area contributed by atoms with Gasteiger partial charge in [-0.25, -0.2) is 4.98 Å². The molecule has 19 heavy (non-hydrogen) atoms. The van der Waals surface area contributed by atoms with Crippen molar-refractivity contribution in [2.75, 3.05) is 26.3 Å². The topological polar surface area (TPSA) is 47.3 Å². The molecule has 2 fully saturated rings. The van der Waals surface area contributed by atoms with Gasteiger partial charge in [0, 0.05) is 5.41 Å². The van der Waals surface area contributed by atoms with Crippen LogP contribution in [0.15, 0.2) is 29.0 Å². The molecule has 2 aliphatic heterocycles. The Morgan fingerprint density at radius 1 is 1.21 bits per heavy atom. The van der Waals surface area contributed by atoms with E-state index >= 15 is 0 Å². The van der Waals surface area contributed by atoms with Crippen LogP contribution in [-0.4, -0.2) is 31.3 Å². The number of aromatic nitrogens is 1. The van der Waals surface area contributed by atoms with Crippen molar-refractivity contribution >= 4 is 11.1 Å². The van der Waals surface area contributed by atoms with Gasteiger partial charge in [-0.15, -0.1) is 0 Å². The molecule has 0 atom stereocenters. The van der Waals surface area contributed by atoms with Gasteiger partial charge >= 0.3 is 0 Å². The first-order chi connectivity index (χ1) is 9.38. The lowest BCUT2D eigenvalue weighted by molar-refractivity contribution is -0.0963. The molecule has 0 aliphatic carbocycles. The Hall–Kier alpha value is -1.39. The van der Waals surface area contributed by atoms with E-state index in [2.05, 4.69) is 28.5 Å². The molecular formula is C15H18N2O2. The van der Waals surface area contributed by atoms with E-state index in [0.29, 0.717) is 5.92 Å². The first-order valence-corrected chi connectivity index (χ1v) is 7.01. The number of rotatable bonds is 2. The summed E-state index contributed by atoms with van der Waals surface area (Å²) < 4.78 is 11.0. The maximum atomic E-state index is 5.57. The predicted octanol–water partition coefficient (Wildman–Crippen LogP) is 2.10. The number of fused-ring (bicyclic) bond motifs is 1. The third kappa shape index (κ3) is 1.70. The van der Waals surface area contributed by atoms with Gasteiger partial charge in [0.25, 0.3) is 0 Å². The van der Waals surface area contributed by atoms with E-state index in [1.165, 1.54) is 24.8 Å². The monoisotopic (exact) mass is 258 g/mol. The summed E-state index contributed by atoms with van der Waals surface area (Å²) in [5.41, 5.74) is 3.38. The van der Waals surface area contributed by atoms with Crippen LogP contribution in [0.4, 0.5) is 0 Å². The maximum absolute atomic E-state index is 5.57. The molecule has 1 N–H and O–H groups in total. The summed E-state index contributed by atoms with van der Waals surface area (Å²) in [7, 11) is 0. The second kappa shape index (κ2) is 4.32. The molecule has 4 nitrogen and oxygen atoms in total. The summed E-state index contributed by atoms with van der Waals surface area (Å²) in [6.07, 6.45) is 3.98. The van der Waals surface area contributed by atoms with Crippen LogP contribution < -0.4 is 5.32 Å². The summed E-state index contributed by atoms with van der Waals surface area (Å²) in [6.45, 7) is 3.93. The molecule has 2 aromatic rings.